The molecule has 0 radical (unpaired) electrons. The van der Waals surface area contributed by atoms with Crippen LogP contribution < -0.4 is 5.32 Å². The average Bonchev–Trinajstić information content (AvgIpc) is 2.55. The number of nitrogens with one attached hydrogen (secondary N) is 1. The fraction of sp³-hybridized carbons (Fsp3) is 0.263. The predicted molar refractivity (Wildman–Crippen MR) is 89.2 cm³/mol. The van der Waals surface area contributed by atoms with Crippen LogP contribution in [-0.4, -0.2) is 25.0 Å². The van der Waals surface area contributed by atoms with E-state index in [2.05, 4.69) is 10.1 Å². The van der Waals surface area contributed by atoms with Gasteiger partial charge in [0.15, 0.2) is 0 Å². The van der Waals surface area contributed by atoms with Crippen molar-refractivity contribution in [3.8, 4) is 0 Å². The molecule has 0 spiro atoms. The number of rotatable bonds is 5. The molecule has 0 aliphatic heterocycles. The first-order chi connectivity index (χ1) is 12.2. The van der Waals surface area contributed by atoms with Crippen LogP contribution in [0.15, 0.2) is 30.3 Å². The molecule has 0 aliphatic carbocycles. The third kappa shape index (κ3) is 4.41. The second kappa shape index (κ2) is 8.03. The van der Waals surface area contributed by atoms with Crippen LogP contribution in [0, 0.1) is 31.3 Å². The van der Waals surface area contributed by atoms with E-state index in [4.69, 9.17) is 0 Å². The first kappa shape index (κ1) is 19.5. The maximum Gasteiger partial charge on any atom is 0.328 e. The minimum Gasteiger partial charge on any atom is -0.467 e. The van der Waals surface area contributed by atoms with E-state index in [0.29, 0.717) is 12.1 Å². The van der Waals surface area contributed by atoms with Gasteiger partial charge < -0.3 is 10.1 Å². The molecule has 0 aromatic heterocycles. The number of carbonyl (C=O) groups is 2. The number of esters is 1. The van der Waals surface area contributed by atoms with E-state index in [1.54, 1.807) is 6.07 Å². The van der Waals surface area contributed by atoms with Gasteiger partial charge in [-0.25, -0.2) is 18.0 Å². The highest BCUT2D eigenvalue weighted by Gasteiger charge is 2.26. The highest BCUT2D eigenvalue weighted by Crippen LogP contribution is 2.16. The van der Waals surface area contributed by atoms with Gasteiger partial charge in [-0.2, -0.15) is 0 Å². The summed E-state index contributed by atoms with van der Waals surface area (Å²) in [4.78, 5) is 24.2. The van der Waals surface area contributed by atoms with Gasteiger partial charge in [0, 0.05) is 18.6 Å². The smallest absolute Gasteiger partial charge is 0.328 e. The summed E-state index contributed by atoms with van der Waals surface area (Å²) in [7, 11) is 1.14. The highest BCUT2D eigenvalue weighted by atomic mass is 19.1. The number of hydrogen-bond donors (Lipinski definition) is 1. The molecule has 0 bridgehead atoms. The molecule has 1 N–H and O–H groups in total. The number of hydrogen-bond acceptors (Lipinski definition) is 3. The Balaban J connectivity index is 2.26. The molecular formula is C19H18F3NO3. The molecule has 0 heterocycles. The molecule has 2 aromatic carbocycles. The minimum absolute atomic E-state index is 0.0734. The summed E-state index contributed by atoms with van der Waals surface area (Å²) in [6.45, 7) is 3.83. The maximum atomic E-state index is 13.8. The van der Waals surface area contributed by atoms with Crippen molar-refractivity contribution in [1.29, 1.82) is 0 Å². The first-order valence-corrected chi connectivity index (χ1v) is 7.82. The Hall–Kier alpha value is -2.83. The predicted octanol–water partition coefficient (Wildman–Crippen LogP) is 3.23. The lowest BCUT2D eigenvalue weighted by atomic mass is 10.0. The van der Waals surface area contributed by atoms with Crippen LogP contribution in [0.5, 0.6) is 0 Å². The largest absolute Gasteiger partial charge is 0.467 e. The Morgan fingerprint density at radius 1 is 1.04 bits per heavy atom. The summed E-state index contributed by atoms with van der Waals surface area (Å²) in [5.74, 6) is -5.78. The van der Waals surface area contributed by atoms with Crippen LogP contribution in [0.2, 0.25) is 0 Å². The number of carbonyl (C=O) groups excluding carboxylic acids is 2. The number of halogens is 3. The molecule has 4 nitrogen and oxygen atoms in total. The second-order valence-corrected chi connectivity index (χ2v) is 5.92. The van der Waals surface area contributed by atoms with E-state index in [-0.39, 0.29) is 6.42 Å². The van der Waals surface area contributed by atoms with Crippen molar-refractivity contribution in [3.63, 3.8) is 0 Å². The lowest BCUT2D eigenvalue weighted by Gasteiger charge is -2.17. The Morgan fingerprint density at radius 3 is 2.19 bits per heavy atom. The summed E-state index contributed by atoms with van der Waals surface area (Å²) < 4.78 is 45.2. The molecule has 0 unspecified atom stereocenters. The Morgan fingerprint density at radius 2 is 1.65 bits per heavy atom. The third-order valence-corrected chi connectivity index (χ3v) is 4.04. The first-order valence-electron chi connectivity index (χ1n) is 7.82. The van der Waals surface area contributed by atoms with Gasteiger partial charge in [-0.05, 0) is 30.5 Å². The standard InChI is InChI=1S/C19H18F3NO3/c1-10-4-5-12(6-11(10)2)7-16(19(25)26-3)23-18(24)17-14(21)8-13(20)9-15(17)22/h4-6,8-9,16H,7H2,1-3H3,(H,23,24)/t16-/m1/s1. The number of aryl methyl sites for hydroxylation is 2. The zero-order valence-electron chi connectivity index (χ0n) is 14.5. The number of amides is 1. The number of methoxy groups -OCH3 is 1. The molecular weight excluding hydrogens is 347 g/mol. The molecule has 138 valence electrons. The molecule has 1 atom stereocenters. The van der Waals surface area contributed by atoms with Gasteiger partial charge in [0.1, 0.15) is 29.1 Å². The normalized spacial score (nSPS) is 11.8. The van der Waals surface area contributed by atoms with Crippen LogP contribution in [0.4, 0.5) is 13.2 Å². The quantitative estimate of drug-likeness (QED) is 0.828. The summed E-state index contributed by atoms with van der Waals surface area (Å²) in [5.41, 5.74) is 1.83. The molecule has 7 heteroatoms. The molecule has 1 amide bonds. The Labute approximate surface area is 149 Å². The van der Waals surface area contributed by atoms with Gasteiger partial charge in [-0.15, -0.1) is 0 Å². The summed E-state index contributed by atoms with van der Waals surface area (Å²) >= 11 is 0. The highest BCUT2D eigenvalue weighted by molar-refractivity contribution is 5.97. The van der Waals surface area contributed by atoms with Gasteiger partial charge in [0.2, 0.25) is 0 Å². The van der Waals surface area contributed by atoms with Gasteiger partial charge >= 0.3 is 5.97 Å². The van der Waals surface area contributed by atoms with E-state index in [9.17, 15) is 22.8 Å². The molecule has 0 saturated heterocycles. The van der Waals surface area contributed by atoms with Gasteiger partial charge in [0.05, 0.1) is 7.11 Å². The van der Waals surface area contributed by atoms with Gasteiger partial charge in [-0.3, -0.25) is 4.79 Å². The lowest BCUT2D eigenvalue weighted by Crippen LogP contribution is -2.43. The molecule has 2 rings (SSSR count). The van der Waals surface area contributed by atoms with E-state index in [1.165, 1.54) is 0 Å². The average molecular weight is 365 g/mol. The zero-order chi connectivity index (χ0) is 19.4. The van der Waals surface area contributed by atoms with Crippen molar-refractivity contribution >= 4 is 11.9 Å². The molecule has 26 heavy (non-hydrogen) atoms. The van der Waals surface area contributed by atoms with Crippen molar-refractivity contribution < 1.29 is 27.5 Å². The van der Waals surface area contributed by atoms with E-state index in [1.807, 2.05) is 26.0 Å². The van der Waals surface area contributed by atoms with Crippen molar-refractivity contribution in [3.05, 3.63) is 70.0 Å². The summed E-state index contributed by atoms with van der Waals surface area (Å²) in [6, 6.07) is 5.13. The van der Waals surface area contributed by atoms with E-state index >= 15 is 0 Å². The SMILES string of the molecule is COC(=O)[C@@H](Cc1ccc(C)c(C)c1)NC(=O)c1c(F)cc(F)cc1F. The van der Waals surface area contributed by atoms with Gasteiger partial charge in [-0.1, -0.05) is 18.2 Å². The lowest BCUT2D eigenvalue weighted by molar-refractivity contribution is -0.142. The number of ether oxygens (including phenoxy) is 1. The third-order valence-electron chi connectivity index (χ3n) is 4.04. The topological polar surface area (TPSA) is 55.4 Å². The molecule has 0 aliphatic rings. The monoisotopic (exact) mass is 365 g/mol. The molecule has 2 aromatic rings. The zero-order valence-corrected chi connectivity index (χ0v) is 14.5. The van der Waals surface area contributed by atoms with Crippen LogP contribution in [0.3, 0.4) is 0 Å². The van der Waals surface area contributed by atoms with Crippen molar-refractivity contribution in [2.45, 2.75) is 26.3 Å². The summed E-state index contributed by atoms with van der Waals surface area (Å²) in [5, 5.41) is 2.25. The molecule has 0 fully saturated rings. The van der Waals surface area contributed by atoms with Crippen molar-refractivity contribution in [1.82, 2.24) is 5.32 Å². The van der Waals surface area contributed by atoms with Crippen LogP contribution in [0.1, 0.15) is 27.0 Å². The fourth-order valence-corrected chi connectivity index (χ4v) is 2.49. The van der Waals surface area contributed by atoms with Crippen molar-refractivity contribution in [2.24, 2.45) is 0 Å². The van der Waals surface area contributed by atoms with Crippen LogP contribution in [0.25, 0.3) is 0 Å². The van der Waals surface area contributed by atoms with E-state index in [0.717, 1.165) is 23.8 Å². The van der Waals surface area contributed by atoms with Crippen LogP contribution in [-0.2, 0) is 16.0 Å². The Kier molecular flexibility index (Phi) is 6.02. The molecule has 0 saturated carbocycles. The summed E-state index contributed by atoms with van der Waals surface area (Å²) in [6.07, 6.45) is 0.0734. The number of benzene rings is 2. The Bertz CT molecular complexity index is 829. The van der Waals surface area contributed by atoms with Gasteiger partial charge in [0.25, 0.3) is 5.91 Å². The van der Waals surface area contributed by atoms with Crippen LogP contribution >= 0.6 is 0 Å². The maximum absolute atomic E-state index is 13.8. The van der Waals surface area contributed by atoms with Crippen molar-refractivity contribution in [2.75, 3.05) is 7.11 Å². The van der Waals surface area contributed by atoms with E-state index < -0.39 is 40.9 Å². The minimum atomic E-state index is -1.35. The second-order valence-electron chi connectivity index (χ2n) is 5.92. The fourth-order valence-electron chi connectivity index (χ4n) is 2.49.